The fraction of sp³-hybridized carbons (Fsp3) is 0.538. The first-order chi connectivity index (χ1) is 8.60. The van der Waals surface area contributed by atoms with E-state index in [1.165, 1.54) is 0 Å². The van der Waals surface area contributed by atoms with Gasteiger partial charge in [0.05, 0.1) is 11.1 Å². The van der Waals surface area contributed by atoms with Gasteiger partial charge in [0.1, 0.15) is 6.17 Å². The van der Waals surface area contributed by atoms with Crippen molar-refractivity contribution in [1.82, 2.24) is 10.1 Å². The molecule has 0 bridgehead atoms. The van der Waals surface area contributed by atoms with Crippen LogP contribution in [0.25, 0.3) is 0 Å². The van der Waals surface area contributed by atoms with Gasteiger partial charge in [0.15, 0.2) is 0 Å². The van der Waals surface area contributed by atoms with Crippen molar-refractivity contribution < 1.29 is 10.4 Å². The van der Waals surface area contributed by atoms with Crippen LogP contribution in [-0.2, 0) is 0 Å². The van der Waals surface area contributed by atoms with Crippen LogP contribution in [0.5, 0.6) is 0 Å². The zero-order valence-electron chi connectivity index (χ0n) is 11.4. The van der Waals surface area contributed by atoms with Crippen molar-refractivity contribution in [3.8, 4) is 0 Å². The zero-order valence-corrected chi connectivity index (χ0v) is 12.9. The van der Waals surface area contributed by atoms with E-state index in [1.54, 1.807) is 18.2 Å². The maximum absolute atomic E-state index is 10.4. The van der Waals surface area contributed by atoms with Crippen LogP contribution in [0.15, 0.2) is 18.2 Å². The number of rotatable bonds is 1. The molecular weight excluding hydrogens is 287 g/mol. The first kappa shape index (κ1) is 15.0. The van der Waals surface area contributed by atoms with E-state index in [4.69, 9.17) is 23.2 Å². The fourth-order valence-corrected chi connectivity index (χ4v) is 2.76. The third-order valence-corrected chi connectivity index (χ3v) is 4.91. The minimum Gasteiger partial charge on any atom is -0.311 e. The Morgan fingerprint density at radius 3 is 1.89 bits per heavy atom. The Hall–Kier alpha value is -0.360. The molecule has 4 nitrogen and oxygen atoms in total. The van der Waals surface area contributed by atoms with Crippen molar-refractivity contribution in [2.45, 2.75) is 44.9 Å². The maximum Gasteiger partial charge on any atom is 0.138 e. The van der Waals surface area contributed by atoms with Crippen molar-refractivity contribution in [3.63, 3.8) is 0 Å². The summed E-state index contributed by atoms with van der Waals surface area (Å²) < 4.78 is 0. The highest BCUT2D eigenvalue weighted by Crippen LogP contribution is 2.48. The molecule has 0 saturated carbocycles. The van der Waals surface area contributed by atoms with Crippen LogP contribution in [-0.4, -0.2) is 31.6 Å². The lowest BCUT2D eigenvalue weighted by Gasteiger charge is -2.37. The van der Waals surface area contributed by atoms with E-state index in [9.17, 15) is 10.4 Å². The highest BCUT2D eigenvalue weighted by Gasteiger charge is 2.58. The molecule has 19 heavy (non-hydrogen) atoms. The van der Waals surface area contributed by atoms with Crippen LogP contribution in [0.2, 0.25) is 10.0 Å². The van der Waals surface area contributed by atoms with E-state index in [2.05, 4.69) is 0 Å². The van der Waals surface area contributed by atoms with Crippen molar-refractivity contribution in [1.29, 1.82) is 0 Å². The van der Waals surface area contributed by atoms with Gasteiger partial charge in [-0.2, -0.15) is 10.1 Å². The summed E-state index contributed by atoms with van der Waals surface area (Å²) in [5, 5.41) is 24.0. The monoisotopic (exact) mass is 304 g/mol. The van der Waals surface area contributed by atoms with E-state index in [0.717, 1.165) is 10.1 Å². The Kier molecular flexibility index (Phi) is 3.63. The van der Waals surface area contributed by atoms with E-state index < -0.39 is 17.2 Å². The molecule has 6 heteroatoms. The molecule has 1 aromatic rings. The molecule has 0 aromatic heterocycles. The number of benzene rings is 1. The average molecular weight is 305 g/mol. The summed E-state index contributed by atoms with van der Waals surface area (Å²) in [6.45, 7) is 7.44. The molecule has 0 unspecified atom stereocenters. The normalized spacial score (nSPS) is 24.0. The SMILES string of the molecule is CC1(C)N(O)C(c2ccc(Cl)cc2Cl)N(O)C1(C)C. The van der Waals surface area contributed by atoms with E-state index >= 15 is 0 Å². The van der Waals surface area contributed by atoms with Crippen molar-refractivity contribution >= 4 is 23.2 Å². The summed E-state index contributed by atoms with van der Waals surface area (Å²) in [5.41, 5.74) is -0.681. The van der Waals surface area contributed by atoms with Crippen molar-refractivity contribution in [3.05, 3.63) is 33.8 Å². The quantitative estimate of drug-likeness (QED) is 0.825. The second kappa shape index (κ2) is 4.58. The van der Waals surface area contributed by atoms with Crippen LogP contribution in [0.3, 0.4) is 0 Å². The molecule has 0 spiro atoms. The van der Waals surface area contributed by atoms with Gasteiger partial charge < -0.3 is 10.4 Å². The molecule has 1 aromatic carbocycles. The first-order valence-electron chi connectivity index (χ1n) is 6.02. The van der Waals surface area contributed by atoms with Crippen LogP contribution < -0.4 is 0 Å². The van der Waals surface area contributed by atoms with Gasteiger partial charge in [-0.05, 0) is 39.8 Å². The minimum atomic E-state index is -0.727. The second-order valence-corrected chi connectivity index (χ2v) is 6.69. The standard InChI is InChI=1S/C13H18Cl2N2O2/c1-12(2)13(3,4)17(19)11(16(12)18)9-6-5-8(14)7-10(9)15/h5-7,11,18-19H,1-4H3. The smallest absolute Gasteiger partial charge is 0.138 e. The second-order valence-electron chi connectivity index (χ2n) is 5.85. The highest BCUT2D eigenvalue weighted by atomic mass is 35.5. The van der Waals surface area contributed by atoms with E-state index in [1.807, 2.05) is 27.7 Å². The van der Waals surface area contributed by atoms with Gasteiger partial charge in [0, 0.05) is 15.6 Å². The molecule has 0 amide bonds. The molecule has 1 heterocycles. The lowest BCUT2D eigenvalue weighted by atomic mass is 9.84. The molecule has 1 aliphatic rings. The third kappa shape index (κ3) is 2.07. The summed E-state index contributed by atoms with van der Waals surface area (Å²) in [5.74, 6) is 0. The van der Waals surface area contributed by atoms with Gasteiger partial charge in [0.2, 0.25) is 0 Å². The van der Waals surface area contributed by atoms with E-state index in [-0.39, 0.29) is 0 Å². The Balaban J connectivity index is 2.52. The lowest BCUT2D eigenvalue weighted by molar-refractivity contribution is -0.223. The number of hydrogen-bond donors (Lipinski definition) is 2. The number of hydroxylamine groups is 4. The van der Waals surface area contributed by atoms with Gasteiger partial charge in [-0.25, -0.2) is 0 Å². The van der Waals surface area contributed by atoms with Crippen molar-refractivity contribution in [2.75, 3.05) is 0 Å². The Morgan fingerprint density at radius 1 is 1.00 bits per heavy atom. The van der Waals surface area contributed by atoms with Gasteiger partial charge in [-0.1, -0.05) is 29.3 Å². The molecule has 0 aliphatic carbocycles. The molecule has 2 N–H and O–H groups in total. The van der Waals surface area contributed by atoms with Crippen molar-refractivity contribution in [2.24, 2.45) is 0 Å². The van der Waals surface area contributed by atoms with Crippen LogP contribution >= 0.6 is 23.2 Å². The predicted octanol–water partition coefficient (Wildman–Crippen LogP) is 3.95. The molecule has 0 radical (unpaired) electrons. The largest absolute Gasteiger partial charge is 0.311 e. The number of halogens is 2. The fourth-order valence-electron chi connectivity index (χ4n) is 2.25. The Labute approximate surface area is 123 Å². The summed E-state index contributed by atoms with van der Waals surface area (Å²) in [6, 6.07) is 4.99. The van der Waals surface area contributed by atoms with Gasteiger partial charge >= 0.3 is 0 Å². The van der Waals surface area contributed by atoms with Gasteiger partial charge in [0.25, 0.3) is 0 Å². The zero-order chi connectivity index (χ0) is 14.6. The topological polar surface area (TPSA) is 46.9 Å². The van der Waals surface area contributed by atoms with Crippen LogP contribution in [0, 0.1) is 0 Å². The Bertz CT molecular complexity index is 485. The Morgan fingerprint density at radius 2 is 1.47 bits per heavy atom. The molecule has 1 saturated heterocycles. The first-order valence-corrected chi connectivity index (χ1v) is 6.77. The number of nitrogens with zero attached hydrogens (tertiary/aromatic N) is 2. The van der Waals surface area contributed by atoms with Crippen LogP contribution in [0.4, 0.5) is 0 Å². The van der Waals surface area contributed by atoms with Crippen LogP contribution in [0.1, 0.15) is 39.4 Å². The lowest BCUT2D eigenvalue weighted by Crippen LogP contribution is -2.52. The van der Waals surface area contributed by atoms with E-state index in [0.29, 0.717) is 15.6 Å². The minimum absolute atomic E-state index is 0.407. The summed E-state index contributed by atoms with van der Waals surface area (Å²) in [6.07, 6.45) is -0.727. The molecule has 1 fully saturated rings. The summed E-state index contributed by atoms with van der Waals surface area (Å²) in [4.78, 5) is 0. The summed E-state index contributed by atoms with van der Waals surface area (Å²) >= 11 is 12.0. The average Bonchev–Trinajstić information content (AvgIpc) is 2.40. The third-order valence-electron chi connectivity index (χ3n) is 4.35. The molecular formula is C13H18Cl2N2O2. The maximum atomic E-state index is 10.4. The van der Waals surface area contributed by atoms with Gasteiger partial charge in [-0.3, -0.25) is 0 Å². The molecule has 106 valence electrons. The predicted molar refractivity (Wildman–Crippen MR) is 74.6 cm³/mol. The highest BCUT2D eigenvalue weighted by molar-refractivity contribution is 6.35. The molecule has 0 atom stereocenters. The molecule has 1 aliphatic heterocycles. The summed E-state index contributed by atoms with van der Waals surface area (Å²) in [7, 11) is 0. The number of hydrogen-bond acceptors (Lipinski definition) is 4. The molecule has 2 rings (SSSR count). The van der Waals surface area contributed by atoms with Gasteiger partial charge in [-0.15, -0.1) is 0 Å².